The van der Waals surface area contributed by atoms with Crippen molar-refractivity contribution in [2.75, 3.05) is 13.1 Å². The van der Waals surface area contributed by atoms with Crippen LogP contribution in [-0.2, 0) is 16.9 Å². The van der Waals surface area contributed by atoms with Crippen molar-refractivity contribution in [2.24, 2.45) is 0 Å². The van der Waals surface area contributed by atoms with Crippen molar-refractivity contribution < 1.29 is 13.9 Å². The fourth-order valence-electron chi connectivity index (χ4n) is 4.00. The number of ether oxygens (including phenoxy) is 1. The molecule has 3 aromatic rings. The molecular formula is C20H16FN3O2. The number of carbonyl (C=O) groups excluding carboxylic acids is 1. The zero-order valence-electron chi connectivity index (χ0n) is 14.0. The molecule has 1 aromatic heterocycles. The van der Waals surface area contributed by atoms with Gasteiger partial charge >= 0.3 is 0 Å². The summed E-state index contributed by atoms with van der Waals surface area (Å²) in [7, 11) is 0. The molecule has 1 spiro atoms. The molecule has 1 saturated heterocycles. The van der Waals surface area contributed by atoms with Crippen molar-refractivity contribution in [1.82, 2.24) is 14.9 Å². The van der Waals surface area contributed by atoms with Crippen LogP contribution in [0.15, 0.2) is 48.8 Å². The van der Waals surface area contributed by atoms with E-state index >= 15 is 0 Å². The standard InChI is InChI=1S/C20H16FN3O2/c21-16-10-18-17(22-6-7-23-18)9-14(16)19(25)24-8-5-20(12-24)15-4-2-1-3-13(15)11-26-20/h1-4,6-7,9-10H,5,8,11-12H2. The minimum Gasteiger partial charge on any atom is -0.364 e. The highest BCUT2D eigenvalue weighted by Crippen LogP contribution is 2.43. The molecule has 1 amide bonds. The Hall–Kier alpha value is -2.86. The van der Waals surface area contributed by atoms with Gasteiger partial charge < -0.3 is 9.64 Å². The topological polar surface area (TPSA) is 55.3 Å². The lowest BCUT2D eigenvalue weighted by Crippen LogP contribution is -2.34. The van der Waals surface area contributed by atoms with Gasteiger partial charge in [-0.25, -0.2) is 4.39 Å². The summed E-state index contributed by atoms with van der Waals surface area (Å²) in [5, 5.41) is 0. The second-order valence-electron chi connectivity index (χ2n) is 6.79. The van der Waals surface area contributed by atoms with Crippen LogP contribution in [0, 0.1) is 5.82 Å². The molecule has 130 valence electrons. The average molecular weight is 349 g/mol. The van der Waals surface area contributed by atoms with E-state index in [0.717, 1.165) is 11.1 Å². The zero-order chi connectivity index (χ0) is 17.7. The number of carbonyl (C=O) groups is 1. The molecule has 1 fully saturated rings. The number of benzene rings is 2. The molecule has 6 heteroatoms. The van der Waals surface area contributed by atoms with Crippen molar-refractivity contribution >= 4 is 16.9 Å². The molecule has 2 aromatic carbocycles. The fourth-order valence-corrected chi connectivity index (χ4v) is 4.00. The van der Waals surface area contributed by atoms with E-state index in [9.17, 15) is 9.18 Å². The van der Waals surface area contributed by atoms with Crippen LogP contribution >= 0.6 is 0 Å². The van der Waals surface area contributed by atoms with Crippen LogP contribution < -0.4 is 0 Å². The highest BCUT2D eigenvalue weighted by Gasteiger charge is 2.47. The first-order valence-corrected chi connectivity index (χ1v) is 8.58. The molecule has 1 atom stereocenters. The van der Waals surface area contributed by atoms with E-state index < -0.39 is 11.4 Å². The molecule has 0 bridgehead atoms. The van der Waals surface area contributed by atoms with Crippen molar-refractivity contribution in [3.05, 3.63) is 71.3 Å². The van der Waals surface area contributed by atoms with Gasteiger partial charge in [-0.3, -0.25) is 14.8 Å². The number of hydrogen-bond acceptors (Lipinski definition) is 4. The van der Waals surface area contributed by atoms with Gasteiger partial charge in [0.2, 0.25) is 0 Å². The highest BCUT2D eigenvalue weighted by atomic mass is 19.1. The summed E-state index contributed by atoms with van der Waals surface area (Å²) in [6, 6.07) is 10.8. The Morgan fingerprint density at radius 1 is 1.15 bits per heavy atom. The number of hydrogen-bond donors (Lipinski definition) is 0. The molecule has 0 saturated carbocycles. The van der Waals surface area contributed by atoms with Crippen LogP contribution in [0.5, 0.6) is 0 Å². The number of rotatable bonds is 1. The molecule has 2 aliphatic heterocycles. The third kappa shape index (κ3) is 2.22. The molecule has 26 heavy (non-hydrogen) atoms. The summed E-state index contributed by atoms with van der Waals surface area (Å²) in [4.78, 5) is 22.9. The van der Waals surface area contributed by atoms with Gasteiger partial charge in [0, 0.05) is 25.0 Å². The number of likely N-dealkylation sites (tertiary alicyclic amines) is 1. The maximum absolute atomic E-state index is 14.5. The van der Waals surface area contributed by atoms with Gasteiger partial charge in [-0.1, -0.05) is 24.3 Å². The van der Waals surface area contributed by atoms with E-state index in [-0.39, 0.29) is 11.5 Å². The van der Waals surface area contributed by atoms with Gasteiger partial charge in [0.25, 0.3) is 5.91 Å². The summed E-state index contributed by atoms with van der Waals surface area (Å²) in [5.41, 5.74) is 2.80. The van der Waals surface area contributed by atoms with Crippen LogP contribution in [0.25, 0.3) is 11.0 Å². The van der Waals surface area contributed by atoms with Crippen LogP contribution in [0.1, 0.15) is 27.9 Å². The summed E-state index contributed by atoms with van der Waals surface area (Å²) in [6.07, 6.45) is 3.75. The van der Waals surface area contributed by atoms with Crippen molar-refractivity contribution in [1.29, 1.82) is 0 Å². The molecule has 2 aliphatic rings. The molecule has 0 aliphatic carbocycles. The van der Waals surface area contributed by atoms with Crippen LogP contribution in [0.3, 0.4) is 0 Å². The first kappa shape index (κ1) is 15.4. The Balaban J connectivity index is 1.47. The smallest absolute Gasteiger partial charge is 0.257 e. The molecular weight excluding hydrogens is 333 g/mol. The van der Waals surface area contributed by atoms with Crippen LogP contribution in [0.4, 0.5) is 4.39 Å². The monoisotopic (exact) mass is 349 g/mol. The minimum absolute atomic E-state index is 0.0290. The Labute approximate surface area is 149 Å². The second-order valence-corrected chi connectivity index (χ2v) is 6.79. The lowest BCUT2D eigenvalue weighted by Gasteiger charge is -2.25. The van der Waals surface area contributed by atoms with Gasteiger partial charge in [-0.05, 0) is 23.6 Å². The van der Waals surface area contributed by atoms with E-state index in [1.807, 2.05) is 12.1 Å². The third-order valence-electron chi connectivity index (χ3n) is 5.32. The van der Waals surface area contributed by atoms with Gasteiger partial charge in [0.05, 0.1) is 29.7 Å². The first-order valence-electron chi connectivity index (χ1n) is 8.58. The molecule has 0 N–H and O–H groups in total. The predicted octanol–water partition coefficient (Wildman–Crippen LogP) is 3.04. The van der Waals surface area contributed by atoms with Crippen LogP contribution in [-0.4, -0.2) is 33.9 Å². The molecule has 5 nitrogen and oxygen atoms in total. The summed E-state index contributed by atoms with van der Waals surface area (Å²) < 4.78 is 20.6. The van der Waals surface area contributed by atoms with Crippen LogP contribution in [0.2, 0.25) is 0 Å². The molecule has 0 radical (unpaired) electrons. The Kier molecular flexibility index (Phi) is 3.30. The van der Waals surface area contributed by atoms with E-state index in [2.05, 4.69) is 22.1 Å². The first-order chi connectivity index (χ1) is 12.7. The molecule has 1 unspecified atom stereocenters. The van der Waals surface area contributed by atoms with Gasteiger partial charge in [0.15, 0.2) is 0 Å². The quantitative estimate of drug-likeness (QED) is 0.678. The largest absolute Gasteiger partial charge is 0.364 e. The average Bonchev–Trinajstić information content (AvgIpc) is 3.26. The summed E-state index contributed by atoms with van der Waals surface area (Å²) >= 11 is 0. The van der Waals surface area contributed by atoms with E-state index in [0.29, 0.717) is 37.2 Å². The Morgan fingerprint density at radius 2 is 1.92 bits per heavy atom. The van der Waals surface area contributed by atoms with Crippen molar-refractivity contribution in [3.8, 4) is 0 Å². The van der Waals surface area contributed by atoms with Crippen molar-refractivity contribution in [3.63, 3.8) is 0 Å². The second kappa shape index (κ2) is 5.57. The van der Waals surface area contributed by atoms with Gasteiger partial charge in [-0.2, -0.15) is 0 Å². The molecule has 5 rings (SSSR count). The SMILES string of the molecule is O=C(c1cc2nccnc2cc1F)N1CCC2(C1)OCc1ccccc12. The Bertz CT molecular complexity index is 1040. The molecule has 3 heterocycles. The Morgan fingerprint density at radius 3 is 2.77 bits per heavy atom. The summed E-state index contributed by atoms with van der Waals surface area (Å²) in [6.45, 7) is 1.52. The predicted molar refractivity (Wildman–Crippen MR) is 92.9 cm³/mol. The lowest BCUT2D eigenvalue weighted by atomic mass is 9.92. The summed E-state index contributed by atoms with van der Waals surface area (Å²) in [5.74, 6) is -0.906. The van der Waals surface area contributed by atoms with Gasteiger partial charge in [-0.15, -0.1) is 0 Å². The maximum Gasteiger partial charge on any atom is 0.257 e. The van der Waals surface area contributed by atoms with E-state index in [1.54, 1.807) is 4.90 Å². The number of fused-ring (bicyclic) bond motifs is 3. The lowest BCUT2D eigenvalue weighted by molar-refractivity contribution is -0.0283. The number of aromatic nitrogens is 2. The zero-order valence-corrected chi connectivity index (χ0v) is 14.0. The normalized spacial score (nSPS) is 21.5. The highest BCUT2D eigenvalue weighted by molar-refractivity contribution is 5.97. The third-order valence-corrected chi connectivity index (χ3v) is 5.32. The maximum atomic E-state index is 14.5. The number of halogens is 1. The number of nitrogens with zero attached hydrogens (tertiary/aromatic N) is 3. The van der Waals surface area contributed by atoms with Crippen molar-refractivity contribution in [2.45, 2.75) is 18.6 Å². The van der Waals surface area contributed by atoms with E-state index in [1.165, 1.54) is 24.5 Å². The van der Waals surface area contributed by atoms with Gasteiger partial charge in [0.1, 0.15) is 11.4 Å². The van der Waals surface area contributed by atoms with E-state index in [4.69, 9.17) is 4.74 Å². The number of amides is 1. The minimum atomic E-state index is -0.573. The fraction of sp³-hybridized carbons (Fsp3) is 0.250.